The van der Waals surface area contributed by atoms with Gasteiger partial charge in [0.2, 0.25) is 0 Å². The number of nitrogens with one attached hydrogen (secondary N) is 1. The monoisotopic (exact) mass is 369 g/mol. The predicted molar refractivity (Wildman–Crippen MR) is 105 cm³/mol. The van der Waals surface area contributed by atoms with Gasteiger partial charge in [-0.1, -0.05) is 56.3 Å². The fourth-order valence-electron chi connectivity index (χ4n) is 2.67. The van der Waals surface area contributed by atoms with Crippen LogP contribution in [0.25, 0.3) is 0 Å². The van der Waals surface area contributed by atoms with Gasteiger partial charge in [0.25, 0.3) is 5.91 Å². The zero-order valence-corrected chi connectivity index (χ0v) is 16.1. The van der Waals surface area contributed by atoms with Gasteiger partial charge in [-0.3, -0.25) is 9.59 Å². The molecule has 0 spiro atoms. The van der Waals surface area contributed by atoms with Gasteiger partial charge in [0.1, 0.15) is 5.75 Å². The zero-order chi connectivity index (χ0) is 19.6. The van der Waals surface area contributed by atoms with Crippen LogP contribution >= 0.6 is 0 Å². The number of ether oxygens (including phenoxy) is 2. The quantitative estimate of drug-likeness (QED) is 0.679. The van der Waals surface area contributed by atoms with E-state index in [0.29, 0.717) is 18.3 Å². The fraction of sp³-hybridized carbons (Fsp3) is 0.364. The second-order valence-electron chi connectivity index (χ2n) is 6.56. The minimum atomic E-state index is -0.455. The molecule has 0 aliphatic carbocycles. The molecular formula is C22H27NO4. The molecule has 0 heterocycles. The smallest absolute Gasteiger partial charge is 0.308 e. The number of carbonyl (C=O) groups excluding carboxylic acids is 2. The Labute approximate surface area is 160 Å². The van der Waals surface area contributed by atoms with E-state index in [-0.39, 0.29) is 24.9 Å². The van der Waals surface area contributed by atoms with Crippen molar-refractivity contribution in [2.75, 3.05) is 13.2 Å². The maximum Gasteiger partial charge on any atom is 0.308 e. The maximum atomic E-state index is 12.4. The molecule has 0 fully saturated rings. The maximum absolute atomic E-state index is 12.4. The highest BCUT2D eigenvalue weighted by atomic mass is 16.5. The van der Waals surface area contributed by atoms with E-state index in [1.807, 2.05) is 54.6 Å². The summed E-state index contributed by atoms with van der Waals surface area (Å²) < 4.78 is 10.6. The Morgan fingerprint density at radius 2 is 1.70 bits per heavy atom. The Morgan fingerprint density at radius 1 is 1.00 bits per heavy atom. The van der Waals surface area contributed by atoms with Crippen LogP contribution in [-0.2, 0) is 14.3 Å². The molecule has 5 nitrogen and oxygen atoms in total. The van der Waals surface area contributed by atoms with Gasteiger partial charge in [-0.2, -0.15) is 0 Å². The van der Waals surface area contributed by atoms with Crippen molar-refractivity contribution in [2.45, 2.75) is 39.2 Å². The van der Waals surface area contributed by atoms with E-state index in [2.05, 4.69) is 19.2 Å². The first-order valence-corrected chi connectivity index (χ1v) is 9.22. The third-order valence-electron chi connectivity index (χ3n) is 4.11. The lowest BCUT2D eigenvalue weighted by atomic mass is 10.0. The molecule has 5 heteroatoms. The normalized spacial score (nSPS) is 11.7. The van der Waals surface area contributed by atoms with E-state index in [4.69, 9.17) is 9.47 Å². The number of esters is 1. The summed E-state index contributed by atoms with van der Waals surface area (Å²) in [6.07, 6.45) is 0.0758. The van der Waals surface area contributed by atoms with Crippen molar-refractivity contribution < 1.29 is 19.1 Å². The Morgan fingerprint density at radius 3 is 2.37 bits per heavy atom. The van der Waals surface area contributed by atoms with Crippen molar-refractivity contribution in [1.82, 2.24) is 5.32 Å². The Hall–Kier alpha value is -2.82. The third kappa shape index (κ3) is 6.77. The van der Waals surface area contributed by atoms with E-state index >= 15 is 0 Å². The van der Waals surface area contributed by atoms with Gasteiger partial charge in [0.15, 0.2) is 6.61 Å². The Balaban J connectivity index is 1.98. The minimum Gasteiger partial charge on any atom is -0.484 e. The molecule has 1 N–H and O–H groups in total. The number of hydrogen-bond acceptors (Lipinski definition) is 4. The van der Waals surface area contributed by atoms with Crippen LogP contribution in [0.3, 0.4) is 0 Å². The molecule has 0 saturated heterocycles. The average Bonchev–Trinajstić information content (AvgIpc) is 2.67. The molecule has 2 rings (SSSR count). The Kier molecular flexibility index (Phi) is 7.86. The second kappa shape index (κ2) is 10.4. The first kappa shape index (κ1) is 20.5. The van der Waals surface area contributed by atoms with Crippen molar-refractivity contribution in [3.05, 3.63) is 65.7 Å². The molecule has 0 aromatic heterocycles. The molecule has 2 aromatic carbocycles. The molecule has 0 radical (unpaired) electrons. The molecule has 2 aromatic rings. The lowest BCUT2D eigenvalue weighted by molar-refractivity contribution is -0.143. The molecule has 0 aliphatic heterocycles. The average molecular weight is 369 g/mol. The Bertz CT molecular complexity index is 743. The molecule has 1 unspecified atom stereocenters. The summed E-state index contributed by atoms with van der Waals surface area (Å²) in [6.45, 7) is 6.15. The summed E-state index contributed by atoms with van der Waals surface area (Å²) in [5, 5.41) is 2.87. The third-order valence-corrected chi connectivity index (χ3v) is 4.11. The SMILES string of the molecule is CCOC(=O)CC(NC(=O)COc1cccc(C(C)C)c1)c1ccccc1. The molecule has 0 saturated carbocycles. The van der Waals surface area contributed by atoms with E-state index < -0.39 is 6.04 Å². The van der Waals surface area contributed by atoms with Crippen LogP contribution in [0, 0.1) is 0 Å². The number of benzene rings is 2. The topological polar surface area (TPSA) is 64.6 Å². The van der Waals surface area contributed by atoms with Crippen LogP contribution in [0.1, 0.15) is 50.3 Å². The van der Waals surface area contributed by atoms with Crippen LogP contribution in [0.2, 0.25) is 0 Å². The van der Waals surface area contributed by atoms with Gasteiger partial charge in [-0.25, -0.2) is 0 Å². The molecule has 1 amide bonds. The van der Waals surface area contributed by atoms with Crippen molar-refractivity contribution in [2.24, 2.45) is 0 Å². The lowest BCUT2D eigenvalue weighted by Gasteiger charge is -2.19. The zero-order valence-electron chi connectivity index (χ0n) is 16.1. The first-order chi connectivity index (χ1) is 13.0. The van der Waals surface area contributed by atoms with Crippen molar-refractivity contribution in [1.29, 1.82) is 0 Å². The van der Waals surface area contributed by atoms with E-state index in [1.165, 1.54) is 0 Å². The van der Waals surface area contributed by atoms with E-state index in [1.54, 1.807) is 6.92 Å². The standard InChI is InChI=1S/C22H27NO4/c1-4-26-22(25)14-20(17-9-6-5-7-10-17)23-21(24)15-27-19-12-8-11-18(13-19)16(2)3/h5-13,16,20H,4,14-15H2,1-3H3,(H,23,24). The van der Waals surface area contributed by atoms with Gasteiger partial charge in [0.05, 0.1) is 19.1 Å². The molecule has 0 bridgehead atoms. The summed E-state index contributed by atoms with van der Waals surface area (Å²) in [4.78, 5) is 24.3. The highest BCUT2D eigenvalue weighted by molar-refractivity contribution is 5.79. The molecule has 144 valence electrons. The highest BCUT2D eigenvalue weighted by Gasteiger charge is 2.19. The largest absolute Gasteiger partial charge is 0.484 e. The van der Waals surface area contributed by atoms with Gasteiger partial charge in [0, 0.05) is 0 Å². The van der Waals surface area contributed by atoms with Gasteiger partial charge >= 0.3 is 5.97 Å². The fourth-order valence-corrected chi connectivity index (χ4v) is 2.67. The summed E-state index contributed by atoms with van der Waals surface area (Å²) in [6, 6.07) is 16.6. The van der Waals surface area contributed by atoms with Crippen LogP contribution in [0.5, 0.6) is 5.75 Å². The van der Waals surface area contributed by atoms with Gasteiger partial charge in [-0.05, 0) is 36.1 Å². The summed E-state index contributed by atoms with van der Waals surface area (Å²) in [7, 11) is 0. The number of rotatable bonds is 9. The number of amides is 1. The van der Waals surface area contributed by atoms with Crippen molar-refractivity contribution in [3.63, 3.8) is 0 Å². The van der Waals surface area contributed by atoms with Crippen molar-refractivity contribution >= 4 is 11.9 Å². The minimum absolute atomic E-state index is 0.0758. The molecule has 27 heavy (non-hydrogen) atoms. The van der Waals surface area contributed by atoms with Crippen LogP contribution in [0.15, 0.2) is 54.6 Å². The molecular weight excluding hydrogens is 342 g/mol. The first-order valence-electron chi connectivity index (χ1n) is 9.22. The van der Waals surface area contributed by atoms with E-state index in [0.717, 1.165) is 11.1 Å². The number of carbonyl (C=O) groups is 2. The molecule has 1 atom stereocenters. The van der Waals surface area contributed by atoms with Crippen LogP contribution < -0.4 is 10.1 Å². The highest BCUT2D eigenvalue weighted by Crippen LogP contribution is 2.20. The van der Waals surface area contributed by atoms with Crippen LogP contribution in [0.4, 0.5) is 0 Å². The molecule has 0 aliphatic rings. The van der Waals surface area contributed by atoms with Gasteiger partial charge < -0.3 is 14.8 Å². The summed E-state index contributed by atoms with van der Waals surface area (Å²) in [5.74, 6) is 0.396. The summed E-state index contributed by atoms with van der Waals surface area (Å²) >= 11 is 0. The van der Waals surface area contributed by atoms with Gasteiger partial charge in [-0.15, -0.1) is 0 Å². The number of hydrogen-bond donors (Lipinski definition) is 1. The van der Waals surface area contributed by atoms with E-state index in [9.17, 15) is 9.59 Å². The predicted octanol–water partition coefficient (Wildman–Crippen LogP) is 4.00. The summed E-state index contributed by atoms with van der Waals surface area (Å²) in [5.41, 5.74) is 2.00. The lowest BCUT2D eigenvalue weighted by Crippen LogP contribution is -2.34. The van der Waals surface area contributed by atoms with Crippen molar-refractivity contribution in [3.8, 4) is 5.75 Å². The second-order valence-corrected chi connectivity index (χ2v) is 6.56. The van der Waals surface area contributed by atoms with Crippen LogP contribution in [-0.4, -0.2) is 25.1 Å².